The number of alkyl halides is 1. The molecule has 0 N–H and O–H groups in total. The van der Waals surface area contributed by atoms with Crippen molar-refractivity contribution in [3.8, 4) is 0 Å². The molecule has 21 heavy (non-hydrogen) atoms. The number of hydrogen-bond donors (Lipinski definition) is 0. The van der Waals surface area contributed by atoms with Crippen LogP contribution in [0.1, 0.15) is 37.4 Å². The van der Waals surface area contributed by atoms with E-state index in [0.29, 0.717) is 5.88 Å². The SMILES string of the molecule is CCCc1cc(CCl)cc(N2CCN(CC3CC3)CC2)n1. The molecule has 2 heterocycles. The van der Waals surface area contributed by atoms with Crippen LogP contribution in [0.4, 0.5) is 5.82 Å². The maximum atomic E-state index is 6.04. The standard InChI is InChI=1S/C17H26ClN3/c1-2-3-16-10-15(12-18)11-17(19-16)21-8-6-20(7-9-21)13-14-4-5-14/h10-11,14H,2-9,12-13H2,1H3. The maximum Gasteiger partial charge on any atom is 0.129 e. The highest BCUT2D eigenvalue weighted by atomic mass is 35.5. The van der Waals surface area contributed by atoms with Crippen LogP contribution in [0.2, 0.25) is 0 Å². The highest BCUT2D eigenvalue weighted by Gasteiger charge is 2.26. The second-order valence-corrected chi connectivity index (χ2v) is 6.71. The molecule has 0 spiro atoms. The molecule has 1 aromatic heterocycles. The molecular formula is C17H26ClN3. The number of aryl methyl sites for hydroxylation is 1. The number of piperazine rings is 1. The molecule has 1 saturated heterocycles. The van der Waals surface area contributed by atoms with Gasteiger partial charge in [0.1, 0.15) is 5.82 Å². The molecule has 4 heteroatoms. The minimum atomic E-state index is 0.577. The molecule has 0 atom stereocenters. The van der Waals surface area contributed by atoms with Crippen LogP contribution in [-0.2, 0) is 12.3 Å². The third kappa shape index (κ3) is 4.10. The average molecular weight is 308 g/mol. The summed E-state index contributed by atoms with van der Waals surface area (Å²) in [5, 5.41) is 0. The minimum absolute atomic E-state index is 0.577. The number of nitrogens with zero attached hydrogens (tertiary/aromatic N) is 3. The molecule has 1 aliphatic heterocycles. The summed E-state index contributed by atoms with van der Waals surface area (Å²) >= 11 is 6.04. The van der Waals surface area contributed by atoms with Gasteiger partial charge in [0.05, 0.1) is 0 Å². The summed E-state index contributed by atoms with van der Waals surface area (Å²) in [5.74, 6) is 2.70. The summed E-state index contributed by atoms with van der Waals surface area (Å²) in [7, 11) is 0. The Morgan fingerprint density at radius 1 is 1.19 bits per heavy atom. The molecule has 116 valence electrons. The van der Waals surface area contributed by atoms with Crippen molar-refractivity contribution in [2.45, 2.75) is 38.5 Å². The van der Waals surface area contributed by atoms with Crippen molar-refractivity contribution in [3.63, 3.8) is 0 Å². The summed E-state index contributed by atoms with van der Waals surface area (Å²) in [5.41, 5.74) is 2.39. The van der Waals surface area contributed by atoms with E-state index >= 15 is 0 Å². The zero-order valence-electron chi connectivity index (χ0n) is 13.0. The molecule has 3 nitrogen and oxygen atoms in total. The molecule has 3 rings (SSSR count). The van der Waals surface area contributed by atoms with E-state index in [0.717, 1.165) is 37.7 Å². The molecule has 1 aromatic rings. The Morgan fingerprint density at radius 3 is 2.57 bits per heavy atom. The first kappa shape index (κ1) is 15.1. The minimum Gasteiger partial charge on any atom is -0.354 e. The molecule has 0 bridgehead atoms. The number of pyridine rings is 1. The smallest absolute Gasteiger partial charge is 0.129 e. The zero-order valence-corrected chi connectivity index (χ0v) is 13.8. The van der Waals surface area contributed by atoms with E-state index < -0.39 is 0 Å². The van der Waals surface area contributed by atoms with Crippen LogP contribution in [0, 0.1) is 5.92 Å². The quantitative estimate of drug-likeness (QED) is 0.752. The van der Waals surface area contributed by atoms with Gasteiger partial charge in [0, 0.05) is 44.3 Å². The highest BCUT2D eigenvalue weighted by Crippen LogP contribution is 2.30. The van der Waals surface area contributed by atoms with Gasteiger partial charge in [-0.15, -0.1) is 11.6 Å². The number of halogens is 1. The van der Waals surface area contributed by atoms with Gasteiger partial charge in [0.2, 0.25) is 0 Å². The zero-order chi connectivity index (χ0) is 14.7. The van der Waals surface area contributed by atoms with Gasteiger partial charge in [-0.2, -0.15) is 0 Å². The number of aromatic nitrogens is 1. The van der Waals surface area contributed by atoms with E-state index in [9.17, 15) is 0 Å². The van der Waals surface area contributed by atoms with E-state index in [4.69, 9.17) is 16.6 Å². The molecule has 2 aliphatic rings. The Morgan fingerprint density at radius 2 is 1.95 bits per heavy atom. The Kier molecular flexibility index (Phi) is 5.02. The van der Waals surface area contributed by atoms with Crippen LogP contribution < -0.4 is 4.90 Å². The van der Waals surface area contributed by atoms with E-state index in [-0.39, 0.29) is 0 Å². The van der Waals surface area contributed by atoms with E-state index in [2.05, 4.69) is 28.9 Å². The second-order valence-electron chi connectivity index (χ2n) is 6.44. The van der Waals surface area contributed by atoms with Gasteiger partial charge < -0.3 is 4.90 Å². The first-order valence-corrected chi connectivity index (χ1v) is 8.85. The van der Waals surface area contributed by atoms with Gasteiger partial charge in [0.25, 0.3) is 0 Å². The molecule has 0 aromatic carbocycles. The van der Waals surface area contributed by atoms with Crippen molar-refractivity contribution < 1.29 is 0 Å². The van der Waals surface area contributed by atoms with Crippen LogP contribution in [0.5, 0.6) is 0 Å². The van der Waals surface area contributed by atoms with Crippen molar-refractivity contribution >= 4 is 17.4 Å². The Hall–Kier alpha value is -0.800. The molecule has 1 saturated carbocycles. The lowest BCUT2D eigenvalue weighted by atomic mass is 10.1. The number of anilines is 1. The van der Waals surface area contributed by atoms with Crippen molar-refractivity contribution in [1.29, 1.82) is 0 Å². The van der Waals surface area contributed by atoms with Gasteiger partial charge in [-0.3, -0.25) is 4.90 Å². The second kappa shape index (κ2) is 6.97. The lowest BCUT2D eigenvalue weighted by molar-refractivity contribution is 0.247. The number of hydrogen-bond acceptors (Lipinski definition) is 3. The van der Waals surface area contributed by atoms with Crippen LogP contribution in [0.3, 0.4) is 0 Å². The lowest BCUT2D eigenvalue weighted by Crippen LogP contribution is -2.47. The Labute approximate surface area is 133 Å². The molecular weight excluding hydrogens is 282 g/mol. The first-order chi connectivity index (χ1) is 10.3. The fraction of sp³-hybridized carbons (Fsp3) is 0.706. The van der Waals surface area contributed by atoms with Crippen LogP contribution >= 0.6 is 11.6 Å². The molecule has 0 unspecified atom stereocenters. The Bertz CT molecular complexity index is 465. The molecule has 0 amide bonds. The van der Waals surface area contributed by atoms with Gasteiger partial charge >= 0.3 is 0 Å². The normalized spacial score (nSPS) is 20.0. The van der Waals surface area contributed by atoms with Gasteiger partial charge in [-0.1, -0.05) is 13.3 Å². The maximum absolute atomic E-state index is 6.04. The third-order valence-electron chi connectivity index (χ3n) is 4.49. The van der Waals surface area contributed by atoms with E-state index in [1.807, 2.05) is 0 Å². The fourth-order valence-electron chi connectivity index (χ4n) is 3.08. The molecule has 2 fully saturated rings. The van der Waals surface area contributed by atoms with Gasteiger partial charge in [-0.25, -0.2) is 4.98 Å². The fourth-order valence-corrected chi connectivity index (χ4v) is 3.24. The summed E-state index contributed by atoms with van der Waals surface area (Å²) in [6.45, 7) is 8.04. The van der Waals surface area contributed by atoms with Crippen molar-refractivity contribution in [3.05, 3.63) is 23.4 Å². The van der Waals surface area contributed by atoms with Crippen molar-refractivity contribution in [1.82, 2.24) is 9.88 Å². The predicted molar refractivity (Wildman–Crippen MR) is 89.2 cm³/mol. The first-order valence-electron chi connectivity index (χ1n) is 8.31. The third-order valence-corrected chi connectivity index (χ3v) is 4.80. The summed E-state index contributed by atoms with van der Waals surface area (Å²) in [6.07, 6.45) is 5.06. The monoisotopic (exact) mass is 307 g/mol. The van der Waals surface area contributed by atoms with E-state index in [1.54, 1.807) is 0 Å². The summed E-state index contributed by atoms with van der Waals surface area (Å²) in [6, 6.07) is 4.33. The largest absolute Gasteiger partial charge is 0.354 e. The molecule has 0 radical (unpaired) electrons. The summed E-state index contributed by atoms with van der Waals surface area (Å²) < 4.78 is 0. The van der Waals surface area contributed by atoms with Crippen molar-refractivity contribution in [2.24, 2.45) is 5.92 Å². The average Bonchev–Trinajstić information content (AvgIpc) is 3.32. The van der Waals surface area contributed by atoms with Crippen molar-refractivity contribution in [2.75, 3.05) is 37.6 Å². The highest BCUT2D eigenvalue weighted by molar-refractivity contribution is 6.17. The topological polar surface area (TPSA) is 19.4 Å². The van der Waals surface area contributed by atoms with Crippen LogP contribution in [0.15, 0.2) is 12.1 Å². The van der Waals surface area contributed by atoms with Crippen LogP contribution in [0.25, 0.3) is 0 Å². The number of rotatable bonds is 6. The van der Waals surface area contributed by atoms with E-state index in [1.165, 1.54) is 43.7 Å². The van der Waals surface area contributed by atoms with Gasteiger partial charge in [0.15, 0.2) is 0 Å². The predicted octanol–water partition coefficient (Wildman–Crippen LogP) is 3.30. The lowest BCUT2D eigenvalue weighted by Gasteiger charge is -2.35. The van der Waals surface area contributed by atoms with Crippen LogP contribution in [-0.4, -0.2) is 42.6 Å². The van der Waals surface area contributed by atoms with Gasteiger partial charge in [-0.05, 0) is 42.9 Å². The Balaban J connectivity index is 1.64. The molecule has 1 aliphatic carbocycles. The summed E-state index contributed by atoms with van der Waals surface area (Å²) in [4.78, 5) is 9.89.